The Morgan fingerprint density at radius 2 is 2.24 bits per heavy atom. The summed E-state index contributed by atoms with van der Waals surface area (Å²) in [5.41, 5.74) is 0.486. The van der Waals surface area contributed by atoms with E-state index in [0.717, 1.165) is 24.4 Å². The summed E-state index contributed by atoms with van der Waals surface area (Å²) in [5, 5.41) is 23.5. The van der Waals surface area contributed by atoms with Crippen molar-refractivity contribution in [2.45, 2.75) is 25.0 Å². The summed E-state index contributed by atoms with van der Waals surface area (Å²) < 4.78 is 5.35. The molecule has 1 atom stereocenters. The van der Waals surface area contributed by atoms with E-state index in [0.29, 0.717) is 25.2 Å². The summed E-state index contributed by atoms with van der Waals surface area (Å²) in [6.07, 6.45) is 3.21. The van der Waals surface area contributed by atoms with Crippen molar-refractivity contribution in [2.75, 3.05) is 19.7 Å². The summed E-state index contributed by atoms with van der Waals surface area (Å²) in [6.45, 7) is 1.69. The minimum absolute atomic E-state index is 0.209. The molecule has 0 bridgehead atoms. The number of likely N-dealkylation sites (tertiary alicyclic amines) is 1. The Bertz CT molecular complexity index is 587. The molecule has 0 aromatic carbocycles. The van der Waals surface area contributed by atoms with Gasteiger partial charge in [0.1, 0.15) is 11.3 Å². The fraction of sp³-hybridized carbons (Fsp3) is 0.467. The molecule has 0 spiro atoms. The van der Waals surface area contributed by atoms with Crippen LogP contribution in [0.2, 0.25) is 0 Å². The van der Waals surface area contributed by atoms with E-state index in [9.17, 15) is 10.2 Å². The molecule has 21 heavy (non-hydrogen) atoms. The molecule has 3 heterocycles. The lowest BCUT2D eigenvalue weighted by Gasteiger charge is -2.37. The normalized spacial score (nSPS) is 23.3. The van der Waals surface area contributed by atoms with Gasteiger partial charge in [-0.25, -0.2) is 0 Å². The highest BCUT2D eigenvalue weighted by Gasteiger charge is 2.32. The van der Waals surface area contributed by atoms with E-state index in [4.69, 9.17) is 4.52 Å². The molecule has 0 aliphatic carbocycles. The van der Waals surface area contributed by atoms with E-state index >= 15 is 0 Å². The molecule has 0 unspecified atom stereocenters. The maximum absolute atomic E-state index is 10.2. The van der Waals surface area contributed by atoms with Gasteiger partial charge in [-0.15, -0.1) is 0 Å². The summed E-state index contributed by atoms with van der Waals surface area (Å²) >= 11 is 0. The molecule has 2 N–H and O–H groups in total. The topological polar surface area (TPSA) is 82.6 Å². The number of hydrogen-bond donors (Lipinski definition) is 2. The van der Waals surface area contributed by atoms with E-state index in [1.807, 2.05) is 24.3 Å². The van der Waals surface area contributed by atoms with Gasteiger partial charge in [0.05, 0.1) is 18.8 Å². The second-order valence-electron chi connectivity index (χ2n) is 5.59. The molecule has 1 saturated heterocycles. The zero-order chi connectivity index (χ0) is 14.7. The summed E-state index contributed by atoms with van der Waals surface area (Å²) in [5.74, 6) is 0.734. The van der Waals surface area contributed by atoms with E-state index in [2.05, 4.69) is 15.0 Å². The number of hydrogen-bond acceptors (Lipinski definition) is 6. The standard InChI is InChI=1S/C15H19N3O3/c19-11-15(20)5-3-7-18(10-15)9-12-8-14(17-21-12)13-4-1-2-6-16-13/h1-2,4,6,8,19-20H,3,5,7,9-11H2/t15-/m1/s1. The number of aliphatic hydroxyl groups excluding tert-OH is 1. The van der Waals surface area contributed by atoms with Gasteiger partial charge in [-0.2, -0.15) is 0 Å². The first-order valence-electron chi connectivity index (χ1n) is 7.11. The number of aliphatic hydroxyl groups is 2. The first-order valence-corrected chi connectivity index (χ1v) is 7.11. The predicted octanol–water partition coefficient (Wildman–Crippen LogP) is 1.06. The second-order valence-corrected chi connectivity index (χ2v) is 5.59. The van der Waals surface area contributed by atoms with Crippen molar-refractivity contribution in [1.82, 2.24) is 15.0 Å². The van der Waals surface area contributed by atoms with Gasteiger partial charge < -0.3 is 14.7 Å². The van der Waals surface area contributed by atoms with Crippen LogP contribution in [0.25, 0.3) is 11.4 Å². The smallest absolute Gasteiger partial charge is 0.151 e. The van der Waals surface area contributed by atoms with Crippen LogP contribution < -0.4 is 0 Å². The molecular formula is C15H19N3O3. The van der Waals surface area contributed by atoms with Gasteiger partial charge in [-0.3, -0.25) is 9.88 Å². The highest BCUT2D eigenvalue weighted by atomic mass is 16.5. The highest BCUT2D eigenvalue weighted by Crippen LogP contribution is 2.23. The lowest BCUT2D eigenvalue weighted by Crippen LogP contribution is -2.49. The SMILES string of the molecule is OC[C@@]1(O)CCCN(Cc2cc(-c3ccccn3)no2)C1. The molecule has 1 fully saturated rings. The van der Waals surface area contributed by atoms with Gasteiger partial charge in [0.15, 0.2) is 5.76 Å². The van der Waals surface area contributed by atoms with Crippen LogP contribution in [0.1, 0.15) is 18.6 Å². The first-order chi connectivity index (χ1) is 10.2. The quantitative estimate of drug-likeness (QED) is 0.875. The molecule has 0 amide bonds. The van der Waals surface area contributed by atoms with Crippen LogP contribution in [0.5, 0.6) is 0 Å². The number of pyridine rings is 1. The summed E-state index contributed by atoms with van der Waals surface area (Å²) in [7, 11) is 0. The Labute approximate surface area is 123 Å². The van der Waals surface area contributed by atoms with Crippen LogP contribution in [-0.4, -0.2) is 50.6 Å². The van der Waals surface area contributed by atoms with Gasteiger partial charge in [0.25, 0.3) is 0 Å². The number of nitrogens with zero attached hydrogens (tertiary/aromatic N) is 3. The average Bonchev–Trinajstić information content (AvgIpc) is 2.97. The number of β-amino-alcohol motifs (C(OH)–C–C–N with tert-alkyl or cyclic N) is 1. The van der Waals surface area contributed by atoms with Crippen LogP contribution in [0, 0.1) is 0 Å². The molecule has 1 aliphatic rings. The molecule has 2 aromatic heterocycles. The van der Waals surface area contributed by atoms with Crippen LogP contribution in [0.4, 0.5) is 0 Å². The Morgan fingerprint density at radius 1 is 1.33 bits per heavy atom. The molecule has 2 aromatic rings. The van der Waals surface area contributed by atoms with Crippen LogP contribution >= 0.6 is 0 Å². The molecule has 0 radical (unpaired) electrons. The van der Waals surface area contributed by atoms with Gasteiger partial charge in [0, 0.05) is 18.8 Å². The van der Waals surface area contributed by atoms with E-state index in [1.165, 1.54) is 0 Å². The number of aromatic nitrogens is 2. The van der Waals surface area contributed by atoms with Crippen molar-refractivity contribution in [3.63, 3.8) is 0 Å². The molecule has 1 aliphatic heterocycles. The average molecular weight is 289 g/mol. The number of rotatable bonds is 4. The predicted molar refractivity (Wildman–Crippen MR) is 76.3 cm³/mol. The first kappa shape index (κ1) is 14.2. The maximum atomic E-state index is 10.2. The fourth-order valence-corrected chi connectivity index (χ4v) is 2.71. The Kier molecular flexibility index (Phi) is 4.01. The van der Waals surface area contributed by atoms with Crippen molar-refractivity contribution in [3.05, 3.63) is 36.2 Å². The second kappa shape index (κ2) is 5.93. The molecule has 6 nitrogen and oxygen atoms in total. The van der Waals surface area contributed by atoms with Gasteiger partial charge in [-0.1, -0.05) is 11.2 Å². The largest absolute Gasteiger partial charge is 0.393 e. The minimum Gasteiger partial charge on any atom is -0.393 e. The zero-order valence-corrected chi connectivity index (χ0v) is 11.8. The molecule has 0 saturated carbocycles. The summed E-state index contributed by atoms with van der Waals surface area (Å²) in [4.78, 5) is 6.31. The van der Waals surface area contributed by atoms with E-state index < -0.39 is 5.60 Å². The van der Waals surface area contributed by atoms with Crippen molar-refractivity contribution in [3.8, 4) is 11.4 Å². The third-order valence-electron chi connectivity index (χ3n) is 3.79. The minimum atomic E-state index is -0.998. The molecular weight excluding hydrogens is 270 g/mol. The Balaban J connectivity index is 1.67. The lowest BCUT2D eigenvalue weighted by molar-refractivity contribution is -0.0699. The Hall–Kier alpha value is -1.76. The third-order valence-corrected chi connectivity index (χ3v) is 3.79. The summed E-state index contributed by atoms with van der Waals surface area (Å²) in [6, 6.07) is 7.51. The lowest BCUT2D eigenvalue weighted by atomic mass is 9.94. The van der Waals surface area contributed by atoms with E-state index in [-0.39, 0.29) is 6.61 Å². The van der Waals surface area contributed by atoms with Crippen molar-refractivity contribution in [2.24, 2.45) is 0 Å². The van der Waals surface area contributed by atoms with Crippen molar-refractivity contribution >= 4 is 0 Å². The van der Waals surface area contributed by atoms with Gasteiger partial charge in [0.2, 0.25) is 0 Å². The van der Waals surface area contributed by atoms with Crippen LogP contribution in [0.15, 0.2) is 35.0 Å². The monoisotopic (exact) mass is 289 g/mol. The third kappa shape index (κ3) is 3.29. The Morgan fingerprint density at radius 3 is 3.00 bits per heavy atom. The van der Waals surface area contributed by atoms with E-state index in [1.54, 1.807) is 6.20 Å². The van der Waals surface area contributed by atoms with Crippen molar-refractivity contribution < 1.29 is 14.7 Å². The number of piperidine rings is 1. The molecule has 6 heteroatoms. The fourth-order valence-electron chi connectivity index (χ4n) is 2.71. The van der Waals surface area contributed by atoms with Crippen molar-refractivity contribution in [1.29, 1.82) is 0 Å². The highest BCUT2D eigenvalue weighted by molar-refractivity contribution is 5.52. The maximum Gasteiger partial charge on any atom is 0.151 e. The van der Waals surface area contributed by atoms with Crippen LogP contribution in [-0.2, 0) is 6.54 Å². The van der Waals surface area contributed by atoms with Crippen LogP contribution in [0.3, 0.4) is 0 Å². The molecule has 112 valence electrons. The van der Waals surface area contributed by atoms with Gasteiger partial charge >= 0.3 is 0 Å². The molecule has 3 rings (SSSR count). The zero-order valence-electron chi connectivity index (χ0n) is 11.8. The van der Waals surface area contributed by atoms with Gasteiger partial charge in [-0.05, 0) is 31.5 Å².